The quantitative estimate of drug-likeness (QED) is 0.828. The maximum atomic E-state index is 13.3. The highest BCUT2D eigenvalue weighted by atomic mass is 35.5. The summed E-state index contributed by atoms with van der Waals surface area (Å²) in [6.45, 7) is 0.828. The van der Waals surface area contributed by atoms with Crippen molar-refractivity contribution >= 4 is 17.5 Å². The van der Waals surface area contributed by atoms with Crippen LogP contribution in [0.3, 0.4) is 0 Å². The fourth-order valence-corrected chi connectivity index (χ4v) is 4.06. The number of hydrogen-bond donors (Lipinski definition) is 0. The maximum Gasteiger partial charge on any atom is 0.256 e. The molecule has 3 nitrogen and oxygen atoms in total. The summed E-state index contributed by atoms with van der Waals surface area (Å²) in [7, 11) is 0. The Hall–Kier alpha value is -1.94. The monoisotopic (exact) mass is 330 g/mol. The van der Waals surface area contributed by atoms with Crippen LogP contribution in [0.5, 0.6) is 0 Å². The molecule has 0 unspecified atom stereocenters. The lowest BCUT2D eigenvalue weighted by Crippen LogP contribution is -2.37. The summed E-state index contributed by atoms with van der Waals surface area (Å²) in [5.74, 6) is 0.235. The third-order valence-electron chi connectivity index (χ3n) is 4.89. The topological polar surface area (TPSA) is 33.2 Å². The number of fused-ring (bicyclic) bond motifs is 2. The minimum absolute atomic E-state index is 0.000640. The van der Waals surface area contributed by atoms with E-state index >= 15 is 0 Å². The molecule has 1 aromatic heterocycles. The van der Waals surface area contributed by atoms with Gasteiger partial charge >= 0.3 is 0 Å². The third-order valence-corrected chi connectivity index (χ3v) is 5.21. The van der Waals surface area contributed by atoms with Gasteiger partial charge in [0, 0.05) is 24.3 Å². The number of aromatic nitrogens is 1. The van der Waals surface area contributed by atoms with Crippen molar-refractivity contribution in [3.05, 3.63) is 52.9 Å². The SMILES string of the molecule is O=C(c1cccnc1-c1ccc(F)cc1Cl)N1C[C@H]2CC[C@@H]1C2. The maximum absolute atomic E-state index is 13.3. The van der Waals surface area contributed by atoms with Gasteiger partial charge in [0.15, 0.2) is 0 Å². The van der Waals surface area contributed by atoms with Crippen molar-refractivity contribution in [1.82, 2.24) is 9.88 Å². The van der Waals surface area contributed by atoms with E-state index in [2.05, 4.69) is 4.98 Å². The lowest BCUT2D eigenvalue weighted by atomic mass is 10.0. The summed E-state index contributed by atoms with van der Waals surface area (Å²) < 4.78 is 13.3. The van der Waals surface area contributed by atoms with Crippen LogP contribution in [0, 0.1) is 11.7 Å². The van der Waals surface area contributed by atoms with E-state index in [0.717, 1.165) is 19.4 Å². The van der Waals surface area contributed by atoms with Gasteiger partial charge in [-0.3, -0.25) is 9.78 Å². The average molecular weight is 331 g/mol. The second kappa shape index (κ2) is 5.60. The van der Waals surface area contributed by atoms with Crippen molar-refractivity contribution in [2.24, 2.45) is 5.92 Å². The molecule has 23 heavy (non-hydrogen) atoms. The first kappa shape index (κ1) is 14.6. The van der Waals surface area contributed by atoms with Crippen LogP contribution in [0.1, 0.15) is 29.6 Å². The minimum Gasteiger partial charge on any atom is -0.335 e. The number of carbonyl (C=O) groups excluding carboxylic acids is 1. The van der Waals surface area contributed by atoms with E-state index in [0.29, 0.717) is 28.8 Å². The van der Waals surface area contributed by atoms with E-state index in [1.54, 1.807) is 24.4 Å². The molecule has 2 fully saturated rings. The zero-order valence-electron chi connectivity index (χ0n) is 12.5. The van der Waals surface area contributed by atoms with Gasteiger partial charge in [0.05, 0.1) is 16.3 Å². The second-order valence-corrected chi connectivity index (χ2v) is 6.72. The Labute approximate surface area is 139 Å². The Morgan fingerprint density at radius 2 is 2.17 bits per heavy atom. The van der Waals surface area contributed by atoms with Crippen LogP contribution < -0.4 is 0 Å². The second-order valence-electron chi connectivity index (χ2n) is 6.31. The molecule has 2 aliphatic rings. The van der Waals surface area contributed by atoms with Crippen molar-refractivity contribution < 1.29 is 9.18 Å². The molecule has 1 saturated heterocycles. The van der Waals surface area contributed by atoms with Gasteiger partial charge in [-0.1, -0.05) is 11.6 Å². The van der Waals surface area contributed by atoms with Crippen LogP contribution in [-0.2, 0) is 0 Å². The van der Waals surface area contributed by atoms with E-state index < -0.39 is 5.82 Å². The van der Waals surface area contributed by atoms with Gasteiger partial charge in [-0.25, -0.2) is 4.39 Å². The summed E-state index contributed by atoms with van der Waals surface area (Å²) in [5, 5.41) is 0.265. The number of likely N-dealkylation sites (tertiary alicyclic amines) is 1. The van der Waals surface area contributed by atoms with E-state index in [9.17, 15) is 9.18 Å². The van der Waals surface area contributed by atoms with Gasteiger partial charge in [-0.05, 0) is 55.5 Å². The number of amides is 1. The minimum atomic E-state index is -0.403. The molecule has 2 aromatic rings. The van der Waals surface area contributed by atoms with E-state index in [4.69, 9.17) is 11.6 Å². The molecule has 2 bridgehead atoms. The third kappa shape index (κ3) is 2.51. The predicted molar refractivity (Wildman–Crippen MR) is 86.8 cm³/mol. The van der Waals surface area contributed by atoms with Crippen molar-refractivity contribution in [3.8, 4) is 11.3 Å². The van der Waals surface area contributed by atoms with E-state index in [-0.39, 0.29) is 10.9 Å². The zero-order valence-corrected chi connectivity index (χ0v) is 13.3. The first-order valence-electron chi connectivity index (χ1n) is 7.85. The molecule has 2 atom stereocenters. The highest BCUT2D eigenvalue weighted by Crippen LogP contribution is 2.39. The molecule has 2 heterocycles. The number of carbonyl (C=O) groups is 1. The van der Waals surface area contributed by atoms with Crippen LogP contribution in [0.25, 0.3) is 11.3 Å². The molecule has 1 aliphatic carbocycles. The Bertz CT molecular complexity index is 779. The molecule has 5 heteroatoms. The Morgan fingerprint density at radius 3 is 2.87 bits per heavy atom. The summed E-state index contributed by atoms with van der Waals surface area (Å²) in [6, 6.07) is 8.04. The van der Waals surface area contributed by atoms with E-state index in [1.165, 1.54) is 18.6 Å². The highest BCUT2D eigenvalue weighted by Gasteiger charge is 2.41. The van der Waals surface area contributed by atoms with Crippen LogP contribution in [0.4, 0.5) is 4.39 Å². The molecule has 4 rings (SSSR count). The normalized spacial score (nSPS) is 22.6. The zero-order chi connectivity index (χ0) is 16.0. The number of rotatable bonds is 2. The van der Waals surface area contributed by atoms with Gasteiger partial charge < -0.3 is 4.90 Å². The van der Waals surface area contributed by atoms with Crippen LogP contribution in [0.15, 0.2) is 36.5 Å². The van der Waals surface area contributed by atoms with E-state index in [1.807, 2.05) is 4.90 Å². The molecular weight excluding hydrogens is 315 g/mol. The molecule has 1 saturated carbocycles. The predicted octanol–water partition coefficient (Wildman–Crippen LogP) is 4.17. The van der Waals surface area contributed by atoms with Gasteiger partial charge in [-0.2, -0.15) is 0 Å². The Morgan fingerprint density at radius 1 is 1.30 bits per heavy atom. The Balaban J connectivity index is 1.74. The van der Waals surface area contributed by atoms with Gasteiger partial charge in [-0.15, -0.1) is 0 Å². The lowest BCUT2D eigenvalue weighted by Gasteiger charge is -2.27. The van der Waals surface area contributed by atoms with Gasteiger partial charge in [0.2, 0.25) is 0 Å². The summed E-state index contributed by atoms with van der Waals surface area (Å²) in [5.41, 5.74) is 1.64. The largest absolute Gasteiger partial charge is 0.335 e. The van der Waals surface area contributed by atoms with Crippen molar-refractivity contribution in [2.45, 2.75) is 25.3 Å². The number of halogens is 2. The smallest absolute Gasteiger partial charge is 0.256 e. The number of hydrogen-bond acceptors (Lipinski definition) is 2. The average Bonchev–Trinajstić information content (AvgIpc) is 3.17. The molecular formula is C18H16ClFN2O. The summed E-state index contributed by atoms with van der Waals surface area (Å²) in [6.07, 6.45) is 5.04. The summed E-state index contributed by atoms with van der Waals surface area (Å²) in [4.78, 5) is 19.3. The standard InChI is InChI=1S/C18H16ClFN2O/c19-16-9-12(20)4-6-14(16)17-15(2-1-7-21-17)18(23)22-10-11-3-5-13(22)8-11/h1-2,4,6-7,9,11,13H,3,5,8,10H2/t11-,13+/m0/s1. The lowest BCUT2D eigenvalue weighted by molar-refractivity contribution is 0.0704. The van der Waals surface area contributed by atoms with Crippen molar-refractivity contribution in [3.63, 3.8) is 0 Å². The first-order chi connectivity index (χ1) is 11.1. The number of pyridine rings is 1. The van der Waals surface area contributed by atoms with Crippen LogP contribution >= 0.6 is 11.6 Å². The molecule has 1 aromatic carbocycles. The molecule has 0 N–H and O–H groups in total. The fourth-order valence-electron chi connectivity index (χ4n) is 3.80. The molecule has 0 spiro atoms. The first-order valence-corrected chi connectivity index (χ1v) is 8.22. The van der Waals surface area contributed by atoms with Crippen LogP contribution in [-0.4, -0.2) is 28.4 Å². The van der Waals surface area contributed by atoms with Crippen molar-refractivity contribution in [1.29, 1.82) is 0 Å². The van der Waals surface area contributed by atoms with Crippen molar-refractivity contribution in [2.75, 3.05) is 6.54 Å². The van der Waals surface area contributed by atoms with Gasteiger partial charge in [0.1, 0.15) is 5.82 Å². The number of piperidine rings is 1. The molecule has 1 aliphatic heterocycles. The van der Waals surface area contributed by atoms with Gasteiger partial charge in [0.25, 0.3) is 5.91 Å². The molecule has 1 amide bonds. The molecule has 0 radical (unpaired) electrons. The fraction of sp³-hybridized carbons (Fsp3) is 0.333. The highest BCUT2D eigenvalue weighted by molar-refractivity contribution is 6.33. The summed E-state index contributed by atoms with van der Waals surface area (Å²) >= 11 is 6.16. The number of nitrogens with zero attached hydrogens (tertiary/aromatic N) is 2. The molecule has 118 valence electrons. The number of benzene rings is 1. The van der Waals surface area contributed by atoms with Crippen LogP contribution in [0.2, 0.25) is 5.02 Å². The Kier molecular flexibility index (Phi) is 3.57.